The van der Waals surface area contributed by atoms with E-state index in [-0.39, 0.29) is 17.7 Å². The van der Waals surface area contributed by atoms with Crippen LogP contribution in [0.3, 0.4) is 0 Å². The fourth-order valence-corrected chi connectivity index (χ4v) is 3.58. The van der Waals surface area contributed by atoms with Crippen molar-refractivity contribution in [3.05, 3.63) is 35.9 Å². The van der Waals surface area contributed by atoms with Gasteiger partial charge in [0.05, 0.1) is 5.92 Å². The minimum atomic E-state index is 0.00346. The minimum absolute atomic E-state index is 0.00346. The Morgan fingerprint density at radius 2 is 1.82 bits per heavy atom. The fraction of sp³-hybridized carbons (Fsp3) is 0.556. The zero-order valence-electron chi connectivity index (χ0n) is 13.1. The Hall–Kier alpha value is -1.84. The molecule has 4 nitrogen and oxygen atoms in total. The van der Waals surface area contributed by atoms with E-state index in [0.717, 1.165) is 38.9 Å². The summed E-state index contributed by atoms with van der Waals surface area (Å²) >= 11 is 0. The lowest BCUT2D eigenvalue weighted by Crippen LogP contribution is -2.42. The summed E-state index contributed by atoms with van der Waals surface area (Å²) in [6, 6.07) is 11.4. The molecule has 0 unspecified atom stereocenters. The Balaban J connectivity index is 1.53. The average molecular weight is 299 g/mol. The number of carbonyl (C=O) groups excluding carboxylic acids is 2. The third-order valence-corrected chi connectivity index (χ3v) is 4.96. The molecule has 1 aromatic carbocycles. The van der Waals surface area contributed by atoms with E-state index in [2.05, 4.69) is 18.2 Å². The van der Waals surface area contributed by atoms with Crippen molar-refractivity contribution in [3.8, 4) is 0 Å². The molecule has 1 radical (unpaired) electrons. The first-order valence-electron chi connectivity index (χ1n) is 8.16. The van der Waals surface area contributed by atoms with Crippen LogP contribution in [-0.4, -0.2) is 47.8 Å². The van der Waals surface area contributed by atoms with Crippen molar-refractivity contribution in [1.29, 1.82) is 0 Å². The molecule has 0 aromatic heterocycles. The van der Waals surface area contributed by atoms with Gasteiger partial charge in [0.1, 0.15) is 0 Å². The van der Waals surface area contributed by atoms with E-state index < -0.39 is 0 Å². The van der Waals surface area contributed by atoms with Gasteiger partial charge in [-0.25, -0.2) is 0 Å². The highest BCUT2D eigenvalue weighted by Gasteiger charge is 2.34. The molecular formula is C18H23N2O2. The van der Waals surface area contributed by atoms with Crippen molar-refractivity contribution in [1.82, 2.24) is 9.80 Å². The molecule has 117 valence electrons. The standard InChI is InChI=1S/C18H23N2O2/c1-14(21)20-12-9-17(13-20)18(22)19-10-7-16(8-11-19)15-5-3-2-4-6-15/h2-5,16-17H,7-13H2,1H3/t17-/m1/s1. The maximum absolute atomic E-state index is 12.6. The summed E-state index contributed by atoms with van der Waals surface area (Å²) in [4.78, 5) is 27.8. The van der Waals surface area contributed by atoms with Crippen LogP contribution in [0.4, 0.5) is 0 Å². The van der Waals surface area contributed by atoms with Crippen LogP contribution in [0.15, 0.2) is 24.3 Å². The highest BCUT2D eigenvalue weighted by Crippen LogP contribution is 2.29. The Morgan fingerprint density at radius 3 is 2.41 bits per heavy atom. The molecule has 1 atom stereocenters. The van der Waals surface area contributed by atoms with Gasteiger partial charge in [-0.3, -0.25) is 9.59 Å². The summed E-state index contributed by atoms with van der Waals surface area (Å²) in [6.45, 7) is 4.54. The van der Waals surface area contributed by atoms with Crippen molar-refractivity contribution in [2.24, 2.45) is 5.92 Å². The molecule has 0 spiro atoms. The number of likely N-dealkylation sites (tertiary alicyclic amines) is 2. The first kappa shape index (κ1) is 15.1. The van der Waals surface area contributed by atoms with Crippen LogP contribution in [0.1, 0.15) is 37.7 Å². The smallest absolute Gasteiger partial charge is 0.227 e. The van der Waals surface area contributed by atoms with Crippen LogP contribution < -0.4 is 0 Å². The summed E-state index contributed by atoms with van der Waals surface area (Å²) in [5, 5.41) is 0. The lowest BCUT2D eigenvalue weighted by atomic mass is 9.89. The highest BCUT2D eigenvalue weighted by atomic mass is 16.2. The number of rotatable bonds is 2. The van der Waals surface area contributed by atoms with Crippen molar-refractivity contribution in [3.63, 3.8) is 0 Å². The Kier molecular flexibility index (Phi) is 4.46. The summed E-state index contributed by atoms with van der Waals surface area (Å²) in [5.41, 5.74) is 1.26. The van der Waals surface area contributed by atoms with E-state index in [1.807, 2.05) is 17.0 Å². The van der Waals surface area contributed by atoms with Crippen molar-refractivity contribution < 1.29 is 9.59 Å². The van der Waals surface area contributed by atoms with Gasteiger partial charge in [-0.2, -0.15) is 0 Å². The molecule has 0 aliphatic carbocycles. The lowest BCUT2D eigenvalue weighted by Gasteiger charge is -2.33. The van der Waals surface area contributed by atoms with E-state index >= 15 is 0 Å². The number of amides is 2. The molecule has 0 N–H and O–H groups in total. The number of benzene rings is 1. The zero-order valence-corrected chi connectivity index (χ0v) is 13.1. The molecule has 4 heteroatoms. The Bertz CT molecular complexity index is 535. The molecule has 2 saturated heterocycles. The molecule has 2 aliphatic rings. The highest BCUT2D eigenvalue weighted by molar-refractivity contribution is 5.81. The van der Waals surface area contributed by atoms with E-state index in [4.69, 9.17) is 0 Å². The Morgan fingerprint density at radius 1 is 1.09 bits per heavy atom. The second-order valence-electron chi connectivity index (χ2n) is 6.37. The molecule has 1 aromatic rings. The van der Waals surface area contributed by atoms with Crippen LogP contribution in [0.2, 0.25) is 0 Å². The van der Waals surface area contributed by atoms with Crippen LogP contribution in [0.25, 0.3) is 0 Å². The third kappa shape index (κ3) is 3.16. The molecule has 2 fully saturated rings. The number of carbonyl (C=O) groups is 2. The van der Waals surface area contributed by atoms with E-state index in [1.54, 1.807) is 11.8 Å². The molecule has 0 bridgehead atoms. The zero-order chi connectivity index (χ0) is 15.5. The molecule has 2 heterocycles. The summed E-state index contributed by atoms with van der Waals surface area (Å²) in [6.07, 6.45) is 2.83. The predicted octanol–water partition coefficient (Wildman–Crippen LogP) is 2.06. The lowest BCUT2D eigenvalue weighted by molar-refractivity contribution is -0.136. The second-order valence-corrected chi connectivity index (χ2v) is 6.37. The van der Waals surface area contributed by atoms with Crippen molar-refractivity contribution in [2.75, 3.05) is 26.2 Å². The van der Waals surface area contributed by atoms with Gasteiger partial charge in [0.15, 0.2) is 0 Å². The number of piperidine rings is 1. The number of hydrogen-bond acceptors (Lipinski definition) is 2. The summed E-state index contributed by atoms with van der Waals surface area (Å²) in [7, 11) is 0. The van der Waals surface area contributed by atoms with Gasteiger partial charge in [0, 0.05) is 33.1 Å². The maximum Gasteiger partial charge on any atom is 0.227 e. The van der Waals surface area contributed by atoms with Crippen LogP contribution in [0, 0.1) is 12.0 Å². The molecule has 22 heavy (non-hydrogen) atoms. The predicted molar refractivity (Wildman–Crippen MR) is 84.2 cm³/mol. The van der Waals surface area contributed by atoms with Gasteiger partial charge in [0.25, 0.3) is 0 Å². The molecular weight excluding hydrogens is 276 g/mol. The fourth-order valence-electron chi connectivity index (χ4n) is 3.58. The van der Waals surface area contributed by atoms with E-state index in [0.29, 0.717) is 12.5 Å². The first-order valence-corrected chi connectivity index (χ1v) is 8.16. The minimum Gasteiger partial charge on any atom is -0.342 e. The topological polar surface area (TPSA) is 40.6 Å². The van der Waals surface area contributed by atoms with Gasteiger partial charge in [-0.05, 0) is 36.8 Å². The molecule has 3 rings (SSSR count). The van der Waals surface area contributed by atoms with E-state index in [1.165, 1.54) is 5.56 Å². The SMILES string of the molecule is CC(=O)N1CC[C@@H](C(=O)N2CCC(c3[c]cccc3)CC2)C1. The molecule has 0 saturated carbocycles. The van der Waals surface area contributed by atoms with E-state index in [9.17, 15) is 9.59 Å². The van der Waals surface area contributed by atoms with Crippen molar-refractivity contribution in [2.45, 2.75) is 32.1 Å². The summed E-state index contributed by atoms with van der Waals surface area (Å²) in [5.74, 6) is 0.833. The van der Waals surface area contributed by atoms with Crippen LogP contribution in [-0.2, 0) is 9.59 Å². The quantitative estimate of drug-likeness (QED) is 0.839. The third-order valence-electron chi connectivity index (χ3n) is 4.96. The monoisotopic (exact) mass is 299 g/mol. The van der Waals surface area contributed by atoms with Gasteiger partial charge in [-0.1, -0.05) is 24.3 Å². The largest absolute Gasteiger partial charge is 0.342 e. The van der Waals surface area contributed by atoms with Gasteiger partial charge >= 0.3 is 0 Å². The van der Waals surface area contributed by atoms with Crippen LogP contribution >= 0.6 is 0 Å². The molecule has 2 aliphatic heterocycles. The first-order chi connectivity index (χ1) is 10.6. The van der Waals surface area contributed by atoms with Crippen LogP contribution in [0.5, 0.6) is 0 Å². The number of hydrogen-bond donors (Lipinski definition) is 0. The van der Waals surface area contributed by atoms with Crippen molar-refractivity contribution >= 4 is 11.8 Å². The maximum atomic E-state index is 12.6. The summed E-state index contributed by atoms with van der Waals surface area (Å²) < 4.78 is 0. The van der Waals surface area contributed by atoms with Gasteiger partial charge in [0.2, 0.25) is 11.8 Å². The molecule has 2 amide bonds. The normalized spacial score (nSPS) is 22.9. The van der Waals surface area contributed by atoms with Gasteiger partial charge in [-0.15, -0.1) is 0 Å². The Labute approximate surface area is 132 Å². The second kappa shape index (κ2) is 6.51. The van der Waals surface area contributed by atoms with Gasteiger partial charge < -0.3 is 9.80 Å². The number of nitrogens with zero attached hydrogens (tertiary/aromatic N) is 2. The average Bonchev–Trinajstić information content (AvgIpc) is 3.05.